The van der Waals surface area contributed by atoms with Gasteiger partial charge in [-0.15, -0.1) is 0 Å². The summed E-state index contributed by atoms with van der Waals surface area (Å²) in [6.07, 6.45) is 2.46. The van der Waals surface area contributed by atoms with E-state index in [4.69, 9.17) is 19.3 Å². The number of hydrogen-bond donors (Lipinski definition) is 1. The van der Waals surface area contributed by atoms with Crippen molar-refractivity contribution in [1.82, 2.24) is 0 Å². The summed E-state index contributed by atoms with van der Waals surface area (Å²) in [6, 6.07) is 5.54. The molecule has 1 N–H and O–H groups in total. The highest BCUT2D eigenvalue weighted by Gasteiger charge is 2.22. The first-order chi connectivity index (χ1) is 6.81. The van der Waals surface area contributed by atoms with Crippen LogP contribution in [0.2, 0.25) is 0 Å². The summed E-state index contributed by atoms with van der Waals surface area (Å²) in [6.45, 7) is -1.17. The van der Waals surface area contributed by atoms with Crippen LogP contribution in [0.25, 0.3) is 0 Å². The Bertz CT molecular complexity index is 411. The van der Waals surface area contributed by atoms with Gasteiger partial charge in [-0.3, -0.25) is 0 Å². The summed E-state index contributed by atoms with van der Waals surface area (Å²) < 4.78 is 14.9. The molecule has 1 aromatic carbocycles. The molecule has 0 aromatic heterocycles. The molecular formula is C10H8O4. The highest BCUT2D eigenvalue weighted by molar-refractivity contribution is 5.45. The van der Waals surface area contributed by atoms with Crippen LogP contribution in [0.5, 0.6) is 11.5 Å². The standard InChI is InChI=1S/C10H8O4/c11-10-13-8-2-1-6(3-7-5-12-7)4-9(8)14-10/h1-2,4-5,10-11H,3H2. The van der Waals surface area contributed by atoms with Crippen LogP contribution in [0.1, 0.15) is 5.56 Å². The number of hydrogen-bond acceptors (Lipinski definition) is 4. The molecule has 0 spiro atoms. The highest BCUT2D eigenvalue weighted by Crippen LogP contribution is 2.35. The molecule has 14 heavy (non-hydrogen) atoms. The summed E-state index contributed by atoms with van der Waals surface area (Å²) in [5.74, 6) is 2.12. The zero-order valence-electron chi connectivity index (χ0n) is 7.27. The van der Waals surface area contributed by atoms with Crippen molar-refractivity contribution in [2.75, 3.05) is 0 Å². The maximum atomic E-state index is 9.06. The Kier molecular flexibility index (Phi) is 1.46. The minimum atomic E-state index is -1.17. The molecule has 2 aliphatic rings. The van der Waals surface area contributed by atoms with E-state index < -0.39 is 6.48 Å². The van der Waals surface area contributed by atoms with Crippen molar-refractivity contribution < 1.29 is 19.3 Å². The lowest BCUT2D eigenvalue weighted by Crippen LogP contribution is -2.15. The topological polar surface area (TPSA) is 51.2 Å². The third-order valence-electron chi connectivity index (χ3n) is 2.13. The molecule has 3 rings (SSSR count). The lowest BCUT2D eigenvalue weighted by Gasteiger charge is -1.98. The van der Waals surface area contributed by atoms with E-state index in [2.05, 4.69) is 0 Å². The van der Waals surface area contributed by atoms with Crippen LogP contribution in [0, 0.1) is 0 Å². The van der Waals surface area contributed by atoms with Gasteiger partial charge in [0.05, 0.1) is 0 Å². The number of rotatable bonds is 2. The average Bonchev–Trinajstić information content (AvgIpc) is 2.86. The Labute approximate surface area is 80.3 Å². The SMILES string of the molecule is OC1Oc2ccc(CC3=CO3)cc2O1. The van der Waals surface area contributed by atoms with Gasteiger partial charge in [0.2, 0.25) is 0 Å². The summed E-state index contributed by atoms with van der Waals surface area (Å²) >= 11 is 0. The quantitative estimate of drug-likeness (QED) is 0.763. The van der Waals surface area contributed by atoms with Crippen LogP contribution in [-0.2, 0) is 11.2 Å². The summed E-state index contributed by atoms with van der Waals surface area (Å²) in [5.41, 5.74) is 1.07. The molecule has 1 aromatic rings. The molecule has 4 heteroatoms. The van der Waals surface area contributed by atoms with Gasteiger partial charge in [0.15, 0.2) is 11.5 Å². The molecule has 0 bridgehead atoms. The van der Waals surface area contributed by atoms with Gasteiger partial charge in [0.25, 0.3) is 0 Å². The van der Waals surface area contributed by atoms with Gasteiger partial charge in [0, 0.05) is 6.42 Å². The summed E-state index contributed by atoms with van der Waals surface area (Å²) in [5, 5.41) is 9.06. The number of benzene rings is 1. The first-order valence-corrected chi connectivity index (χ1v) is 4.31. The molecule has 0 amide bonds. The lowest BCUT2D eigenvalue weighted by molar-refractivity contribution is -0.133. The second-order valence-electron chi connectivity index (χ2n) is 3.20. The highest BCUT2D eigenvalue weighted by atomic mass is 16.8. The molecule has 72 valence electrons. The largest absolute Gasteiger partial charge is 0.462 e. The van der Waals surface area contributed by atoms with Crippen LogP contribution in [0.4, 0.5) is 0 Å². The number of aliphatic hydroxyl groups is 1. The van der Waals surface area contributed by atoms with E-state index >= 15 is 0 Å². The van der Waals surface area contributed by atoms with Gasteiger partial charge in [-0.25, -0.2) is 0 Å². The minimum absolute atomic E-state index is 0.576. The van der Waals surface area contributed by atoms with E-state index in [1.807, 2.05) is 12.1 Å². The Hall–Kier alpha value is -1.68. The first kappa shape index (κ1) is 7.70. The first-order valence-electron chi connectivity index (χ1n) is 4.31. The van der Waals surface area contributed by atoms with Crippen LogP contribution in [0.15, 0.2) is 30.2 Å². The van der Waals surface area contributed by atoms with Gasteiger partial charge in [-0.05, 0) is 17.7 Å². The van der Waals surface area contributed by atoms with Gasteiger partial charge < -0.3 is 19.3 Å². The third kappa shape index (κ3) is 1.29. The van der Waals surface area contributed by atoms with Gasteiger partial charge in [-0.2, -0.15) is 0 Å². The zero-order valence-corrected chi connectivity index (χ0v) is 7.27. The summed E-state index contributed by atoms with van der Waals surface area (Å²) in [7, 11) is 0. The number of allylic oxidation sites excluding steroid dienone is 1. The molecule has 0 fully saturated rings. The molecule has 2 heterocycles. The van der Waals surface area contributed by atoms with Crippen LogP contribution in [-0.4, -0.2) is 11.6 Å². The van der Waals surface area contributed by atoms with Crippen LogP contribution in [0.3, 0.4) is 0 Å². The van der Waals surface area contributed by atoms with Crippen LogP contribution >= 0.6 is 0 Å². The van der Waals surface area contributed by atoms with Crippen molar-refractivity contribution in [3.8, 4) is 11.5 Å². The average molecular weight is 192 g/mol. The van der Waals surface area contributed by atoms with Gasteiger partial charge in [-0.1, -0.05) is 6.07 Å². The third-order valence-corrected chi connectivity index (χ3v) is 2.13. The molecule has 0 saturated carbocycles. The van der Waals surface area contributed by atoms with Gasteiger partial charge in [0.1, 0.15) is 12.0 Å². The maximum Gasteiger partial charge on any atom is 0.358 e. The van der Waals surface area contributed by atoms with Crippen molar-refractivity contribution in [2.24, 2.45) is 0 Å². The Morgan fingerprint density at radius 2 is 2.00 bits per heavy atom. The Morgan fingerprint density at radius 3 is 2.79 bits per heavy atom. The Morgan fingerprint density at radius 1 is 1.21 bits per heavy atom. The van der Waals surface area contributed by atoms with E-state index in [0.717, 1.165) is 17.7 Å². The number of aliphatic hydroxyl groups excluding tert-OH is 1. The molecule has 1 unspecified atom stereocenters. The molecule has 1 atom stereocenters. The zero-order chi connectivity index (χ0) is 9.54. The fourth-order valence-corrected chi connectivity index (χ4v) is 1.42. The fraction of sp³-hybridized carbons (Fsp3) is 0.200. The minimum Gasteiger partial charge on any atom is -0.462 e. The monoisotopic (exact) mass is 192 g/mol. The van der Waals surface area contributed by atoms with Crippen molar-refractivity contribution in [3.63, 3.8) is 0 Å². The van der Waals surface area contributed by atoms with E-state index in [1.165, 1.54) is 0 Å². The summed E-state index contributed by atoms with van der Waals surface area (Å²) in [4.78, 5) is 0. The molecule has 2 aliphatic heterocycles. The maximum absolute atomic E-state index is 9.06. The van der Waals surface area contributed by atoms with Crippen molar-refractivity contribution in [1.29, 1.82) is 0 Å². The fourth-order valence-electron chi connectivity index (χ4n) is 1.42. The van der Waals surface area contributed by atoms with E-state index in [1.54, 1.807) is 12.3 Å². The van der Waals surface area contributed by atoms with Crippen molar-refractivity contribution in [3.05, 3.63) is 35.8 Å². The van der Waals surface area contributed by atoms with E-state index in [0.29, 0.717) is 11.5 Å². The Balaban J connectivity index is 1.87. The van der Waals surface area contributed by atoms with E-state index in [-0.39, 0.29) is 0 Å². The van der Waals surface area contributed by atoms with Crippen molar-refractivity contribution >= 4 is 0 Å². The van der Waals surface area contributed by atoms with E-state index in [9.17, 15) is 0 Å². The second-order valence-corrected chi connectivity index (χ2v) is 3.20. The molecule has 0 aliphatic carbocycles. The second kappa shape index (κ2) is 2.65. The predicted molar refractivity (Wildman–Crippen MR) is 46.6 cm³/mol. The predicted octanol–water partition coefficient (Wildman–Crippen LogP) is 1.15. The lowest BCUT2D eigenvalue weighted by atomic mass is 10.1. The molecular weight excluding hydrogens is 184 g/mol. The molecule has 0 saturated heterocycles. The molecule has 0 radical (unpaired) electrons. The number of ether oxygens (including phenoxy) is 3. The van der Waals surface area contributed by atoms with Crippen LogP contribution < -0.4 is 9.47 Å². The number of fused-ring (bicyclic) bond motifs is 1. The smallest absolute Gasteiger partial charge is 0.358 e. The van der Waals surface area contributed by atoms with Crippen molar-refractivity contribution in [2.45, 2.75) is 12.9 Å². The van der Waals surface area contributed by atoms with Gasteiger partial charge >= 0.3 is 6.48 Å². The normalized spacial score (nSPS) is 21.5. The molecule has 4 nitrogen and oxygen atoms in total.